The van der Waals surface area contributed by atoms with Gasteiger partial charge in [0.15, 0.2) is 0 Å². The summed E-state index contributed by atoms with van der Waals surface area (Å²) >= 11 is 1.84. The average molecular weight is 318 g/mol. The zero-order valence-electron chi connectivity index (χ0n) is 13.5. The molecule has 0 N–H and O–H groups in total. The number of benzene rings is 1. The molecule has 3 nitrogen and oxygen atoms in total. The number of thioether (sulfide) groups is 1. The predicted molar refractivity (Wildman–Crippen MR) is 92.0 cm³/mol. The highest BCUT2D eigenvalue weighted by Gasteiger charge is 2.26. The Bertz CT molecular complexity index is 512. The molecule has 2 aliphatic heterocycles. The Morgan fingerprint density at radius 1 is 1.18 bits per heavy atom. The van der Waals surface area contributed by atoms with Crippen LogP contribution in [-0.4, -0.2) is 48.1 Å². The molecule has 3 rings (SSSR count). The van der Waals surface area contributed by atoms with E-state index in [-0.39, 0.29) is 0 Å². The van der Waals surface area contributed by atoms with E-state index in [2.05, 4.69) is 40.3 Å². The summed E-state index contributed by atoms with van der Waals surface area (Å²) in [6, 6.07) is 8.72. The Hall–Kier alpha value is -1.00. The van der Waals surface area contributed by atoms with Crippen LogP contribution in [0.4, 0.5) is 0 Å². The number of rotatable bonds is 5. The second-order valence-electron chi connectivity index (χ2n) is 6.47. The van der Waals surface area contributed by atoms with Gasteiger partial charge in [-0.25, -0.2) is 0 Å². The molecule has 22 heavy (non-hydrogen) atoms. The lowest BCUT2D eigenvalue weighted by Crippen LogP contribution is -2.38. The number of hydrogen-bond donors (Lipinski definition) is 0. The van der Waals surface area contributed by atoms with E-state index in [4.69, 9.17) is 0 Å². The molecule has 1 aromatic rings. The fourth-order valence-electron chi connectivity index (χ4n) is 3.61. The van der Waals surface area contributed by atoms with Gasteiger partial charge in [0, 0.05) is 31.0 Å². The van der Waals surface area contributed by atoms with Crippen LogP contribution >= 0.6 is 11.8 Å². The fourth-order valence-corrected chi connectivity index (χ4v) is 4.22. The molecule has 2 saturated heterocycles. The molecule has 0 spiro atoms. The smallest absolute Gasteiger partial charge is 0.222 e. The second kappa shape index (κ2) is 7.51. The zero-order valence-corrected chi connectivity index (χ0v) is 14.3. The van der Waals surface area contributed by atoms with Crippen LogP contribution < -0.4 is 0 Å². The maximum Gasteiger partial charge on any atom is 0.222 e. The van der Waals surface area contributed by atoms with Crippen molar-refractivity contribution >= 4 is 17.7 Å². The minimum atomic E-state index is 0.372. The summed E-state index contributed by atoms with van der Waals surface area (Å²) < 4.78 is 0. The Labute approximate surface area is 138 Å². The predicted octanol–water partition coefficient (Wildman–Crippen LogP) is 3.24. The number of carbonyl (C=O) groups is 1. The second-order valence-corrected chi connectivity index (χ2v) is 7.32. The van der Waals surface area contributed by atoms with E-state index in [1.807, 2.05) is 11.8 Å². The first-order valence-electron chi connectivity index (χ1n) is 8.38. The molecule has 2 heterocycles. The zero-order chi connectivity index (χ0) is 15.4. The number of amides is 1. The summed E-state index contributed by atoms with van der Waals surface area (Å²) in [6.07, 6.45) is 6.43. The fraction of sp³-hybridized carbons (Fsp3) is 0.611. The van der Waals surface area contributed by atoms with Gasteiger partial charge < -0.3 is 4.90 Å². The number of piperidine rings is 1. The lowest BCUT2D eigenvalue weighted by atomic mass is 9.96. The van der Waals surface area contributed by atoms with Crippen LogP contribution in [0.1, 0.15) is 31.2 Å². The van der Waals surface area contributed by atoms with Crippen LogP contribution in [0.25, 0.3) is 0 Å². The largest absolute Gasteiger partial charge is 0.342 e. The molecule has 0 radical (unpaired) electrons. The topological polar surface area (TPSA) is 23.6 Å². The Balaban J connectivity index is 1.48. The van der Waals surface area contributed by atoms with Crippen LogP contribution in [0.3, 0.4) is 0 Å². The molecule has 0 bridgehead atoms. The van der Waals surface area contributed by atoms with Gasteiger partial charge in [-0.15, -0.1) is 11.8 Å². The average Bonchev–Trinajstić information content (AvgIpc) is 2.95. The van der Waals surface area contributed by atoms with Gasteiger partial charge in [0.2, 0.25) is 5.91 Å². The summed E-state index contributed by atoms with van der Waals surface area (Å²) in [5, 5.41) is 0. The van der Waals surface area contributed by atoms with Gasteiger partial charge in [-0.3, -0.25) is 9.69 Å². The third kappa shape index (κ3) is 3.85. The van der Waals surface area contributed by atoms with Gasteiger partial charge in [0.25, 0.3) is 0 Å². The van der Waals surface area contributed by atoms with Gasteiger partial charge >= 0.3 is 0 Å². The molecule has 0 aliphatic carbocycles. The van der Waals surface area contributed by atoms with E-state index in [9.17, 15) is 4.79 Å². The molecule has 1 amide bonds. The molecule has 1 aromatic carbocycles. The van der Waals surface area contributed by atoms with E-state index in [0.29, 0.717) is 11.8 Å². The molecule has 0 aromatic heterocycles. The first-order valence-corrected chi connectivity index (χ1v) is 9.61. The van der Waals surface area contributed by atoms with E-state index < -0.39 is 0 Å². The van der Waals surface area contributed by atoms with Crippen molar-refractivity contribution in [2.45, 2.75) is 37.1 Å². The van der Waals surface area contributed by atoms with E-state index in [1.54, 1.807) is 0 Å². The Kier molecular flexibility index (Phi) is 5.42. The van der Waals surface area contributed by atoms with Crippen LogP contribution in [0.5, 0.6) is 0 Å². The quantitative estimate of drug-likeness (QED) is 0.779. The van der Waals surface area contributed by atoms with Crippen LogP contribution in [0, 0.1) is 5.92 Å². The van der Waals surface area contributed by atoms with Gasteiger partial charge in [0.05, 0.1) is 0 Å². The summed E-state index contributed by atoms with van der Waals surface area (Å²) in [5.41, 5.74) is 1.45. The Morgan fingerprint density at radius 3 is 2.64 bits per heavy atom. The molecule has 4 heteroatoms. The molecule has 120 valence electrons. The normalized spacial score (nSPS) is 20.8. The summed E-state index contributed by atoms with van der Waals surface area (Å²) in [4.78, 5) is 17.8. The van der Waals surface area contributed by atoms with E-state index in [0.717, 1.165) is 45.6 Å². The number of nitrogens with zero attached hydrogens (tertiary/aromatic N) is 2. The lowest BCUT2D eigenvalue weighted by Gasteiger charge is -2.34. The van der Waals surface area contributed by atoms with Crippen molar-refractivity contribution in [1.29, 1.82) is 0 Å². The first kappa shape index (κ1) is 15.9. The van der Waals surface area contributed by atoms with Crippen molar-refractivity contribution < 1.29 is 4.79 Å². The molecule has 2 fully saturated rings. The third-order valence-electron chi connectivity index (χ3n) is 4.94. The van der Waals surface area contributed by atoms with Crippen LogP contribution in [0.2, 0.25) is 0 Å². The lowest BCUT2D eigenvalue weighted by molar-refractivity contribution is -0.128. The molecule has 0 atom stereocenters. The maximum absolute atomic E-state index is 11.7. The van der Waals surface area contributed by atoms with Crippen LogP contribution in [0.15, 0.2) is 29.2 Å². The minimum absolute atomic E-state index is 0.372. The number of hydrogen-bond acceptors (Lipinski definition) is 3. The van der Waals surface area contributed by atoms with Crippen LogP contribution in [-0.2, 0) is 11.3 Å². The van der Waals surface area contributed by atoms with Crippen molar-refractivity contribution in [1.82, 2.24) is 9.80 Å². The Morgan fingerprint density at radius 2 is 1.95 bits per heavy atom. The highest BCUT2D eigenvalue weighted by molar-refractivity contribution is 7.98. The summed E-state index contributed by atoms with van der Waals surface area (Å²) in [6.45, 7) is 5.37. The first-order chi connectivity index (χ1) is 10.8. The highest BCUT2D eigenvalue weighted by Crippen LogP contribution is 2.25. The molecule has 2 aliphatic rings. The summed E-state index contributed by atoms with van der Waals surface area (Å²) in [7, 11) is 0. The van der Waals surface area contributed by atoms with Crippen molar-refractivity contribution in [2.24, 2.45) is 5.92 Å². The van der Waals surface area contributed by atoms with Crippen molar-refractivity contribution in [2.75, 3.05) is 32.4 Å². The van der Waals surface area contributed by atoms with Gasteiger partial charge in [-0.1, -0.05) is 18.2 Å². The van der Waals surface area contributed by atoms with Crippen molar-refractivity contribution in [3.8, 4) is 0 Å². The van der Waals surface area contributed by atoms with Gasteiger partial charge in [0.1, 0.15) is 0 Å². The third-order valence-corrected chi connectivity index (χ3v) is 5.78. The molecular weight excluding hydrogens is 292 g/mol. The standard InChI is InChI=1S/C18H26N2OS/c1-22-17-6-3-2-5-16(17)14-19-11-8-15(9-12-19)13-20-10-4-7-18(20)21/h2-3,5-6,15H,4,7-14H2,1H3. The number of likely N-dealkylation sites (tertiary alicyclic amines) is 2. The maximum atomic E-state index is 11.7. The molecule has 0 unspecified atom stereocenters. The van der Waals surface area contributed by atoms with Gasteiger partial charge in [-0.05, 0) is 56.2 Å². The number of carbonyl (C=O) groups excluding carboxylic acids is 1. The molecular formula is C18H26N2OS. The SMILES string of the molecule is CSc1ccccc1CN1CCC(CN2CCCC2=O)CC1. The van der Waals surface area contributed by atoms with E-state index in [1.165, 1.54) is 23.3 Å². The summed E-state index contributed by atoms with van der Waals surface area (Å²) in [5.74, 6) is 1.07. The highest BCUT2D eigenvalue weighted by atomic mass is 32.2. The van der Waals surface area contributed by atoms with Crippen molar-refractivity contribution in [3.63, 3.8) is 0 Å². The van der Waals surface area contributed by atoms with E-state index >= 15 is 0 Å². The minimum Gasteiger partial charge on any atom is -0.342 e. The van der Waals surface area contributed by atoms with Gasteiger partial charge in [-0.2, -0.15) is 0 Å². The van der Waals surface area contributed by atoms with Crippen molar-refractivity contribution in [3.05, 3.63) is 29.8 Å². The molecule has 0 saturated carbocycles. The monoisotopic (exact) mass is 318 g/mol.